The molecule has 3 heterocycles. The zero-order valence-electron chi connectivity index (χ0n) is 12.1. The number of aromatic nitrogens is 5. The summed E-state index contributed by atoms with van der Waals surface area (Å²) in [7, 11) is 0. The van der Waals surface area contributed by atoms with Crippen molar-refractivity contribution in [2.24, 2.45) is 0 Å². The number of hydrogen-bond acceptors (Lipinski definition) is 5. The molecule has 0 unspecified atom stereocenters. The van der Waals surface area contributed by atoms with Crippen LogP contribution >= 0.6 is 0 Å². The molecule has 0 saturated carbocycles. The first kappa shape index (κ1) is 14.2. The van der Waals surface area contributed by atoms with Gasteiger partial charge < -0.3 is 5.11 Å². The molecule has 114 valence electrons. The minimum atomic E-state index is -0.402. The molecule has 0 radical (unpaired) electrons. The predicted octanol–water partition coefficient (Wildman–Crippen LogP) is 0.390. The maximum atomic E-state index is 10.3. The molecule has 0 amide bonds. The molecule has 1 saturated heterocycles. The molecular weight excluding hydrogens is 268 g/mol. The Morgan fingerprint density at radius 2 is 2.14 bits per heavy atom. The van der Waals surface area contributed by atoms with E-state index in [2.05, 4.69) is 20.1 Å². The van der Waals surface area contributed by atoms with Crippen LogP contribution in [0.5, 0.6) is 0 Å². The Balaban J connectivity index is 1.56. The van der Waals surface area contributed by atoms with Crippen LogP contribution in [0.15, 0.2) is 31.1 Å². The monoisotopic (exact) mass is 290 g/mol. The molecule has 0 aliphatic carbocycles. The average Bonchev–Trinajstić information content (AvgIpc) is 3.14. The average molecular weight is 290 g/mol. The van der Waals surface area contributed by atoms with Crippen LogP contribution in [0.1, 0.15) is 19.3 Å². The summed E-state index contributed by atoms with van der Waals surface area (Å²) < 4.78 is 3.66. The molecule has 7 heteroatoms. The van der Waals surface area contributed by atoms with Gasteiger partial charge >= 0.3 is 0 Å². The van der Waals surface area contributed by atoms with Crippen LogP contribution in [0.25, 0.3) is 0 Å². The molecule has 1 N–H and O–H groups in total. The van der Waals surface area contributed by atoms with Gasteiger partial charge in [0.15, 0.2) is 0 Å². The van der Waals surface area contributed by atoms with Crippen molar-refractivity contribution in [3.63, 3.8) is 0 Å². The highest BCUT2D eigenvalue weighted by Crippen LogP contribution is 2.18. The lowest BCUT2D eigenvalue weighted by atomic mass is 10.0. The van der Waals surface area contributed by atoms with E-state index in [1.165, 1.54) is 12.8 Å². The Morgan fingerprint density at radius 1 is 1.19 bits per heavy atom. The molecular formula is C14H22N6O. The normalized spacial score (nSPS) is 21.5. The quantitative estimate of drug-likeness (QED) is 0.833. The second kappa shape index (κ2) is 6.82. The minimum Gasteiger partial charge on any atom is -0.390 e. The number of aliphatic hydroxyl groups is 1. The van der Waals surface area contributed by atoms with E-state index in [0.29, 0.717) is 19.1 Å². The number of rotatable bonds is 6. The molecule has 2 atom stereocenters. The zero-order valence-corrected chi connectivity index (χ0v) is 12.1. The molecule has 0 aromatic carbocycles. The lowest BCUT2D eigenvalue weighted by molar-refractivity contribution is 0.0496. The van der Waals surface area contributed by atoms with Gasteiger partial charge in [-0.15, -0.1) is 0 Å². The summed E-state index contributed by atoms with van der Waals surface area (Å²) in [5.74, 6) is 0. The fourth-order valence-electron chi connectivity index (χ4n) is 3.00. The summed E-state index contributed by atoms with van der Waals surface area (Å²) in [6.07, 6.45) is 10.1. The molecule has 21 heavy (non-hydrogen) atoms. The van der Waals surface area contributed by atoms with Crippen molar-refractivity contribution >= 4 is 0 Å². The van der Waals surface area contributed by atoms with Crippen LogP contribution in [0.2, 0.25) is 0 Å². The Bertz CT molecular complexity index is 512. The van der Waals surface area contributed by atoms with Crippen molar-refractivity contribution in [3.05, 3.63) is 31.1 Å². The number of aliphatic hydroxyl groups excluding tert-OH is 1. The highest BCUT2D eigenvalue weighted by Gasteiger charge is 2.25. The van der Waals surface area contributed by atoms with Gasteiger partial charge in [0.1, 0.15) is 12.7 Å². The van der Waals surface area contributed by atoms with Crippen LogP contribution in [-0.4, -0.2) is 59.8 Å². The Hall–Kier alpha value is -1.73. The predicted molar refractivity (Wildman–Crippen MR) is 77.5 cm³/mol. The molecule has 7 nitrogen and oxygen atoms in total. The van der Waals surface area contributed by atoms with Gasteiger partial charge in [0, 0.05) is 25.0 Å². The second-order valence-electron chi connectivity index (χ2n) is 5.64. The third-order valence-electron chi connectivity index (χ3n) is 4.02. The van der Waals surface area contributed by atoms with E-state index in [1.54, 1.807) is 23.5 Å². The summed E-state index contributed by atoms with van der Waals surface area (Å²) >= 11 is 0. The fourth-order valence-corrected chi connectivity index (χ4v) is 3.00. The van der Waals surface area contributed by atoms with E-state index in [4.69, 9.17) is 0 Å². The number of likely N-dealkylation sites (tertiary alicyclic amines) is 1. The summed E-state index contributed by atoms with van der Waals surface area (Å²) in [5, 5.41) is 18.6. The highest BCUT2D eigenvalue weighted by molar-refractivity contribution is 4.82. The molecule has 2 aromatic heterocycles. The molecule has 1 aliphatic heterocycles. The van der Waals surface area contributed by atoms with Gasteiger partial charge in [-0.05, 0) is 25.5 Å². The number of hydrogen-bond donors (Lipinski definition) is 1. The maximum absolute atomic E-state index is 10.3. The highest BCUT2D eigenvalue weighted by atomic mass is 16.3. The maximum Gasteiger partial charge on any atom is 0.137 e. The lowest BCUT2D eigenvalue weighted by Gasteiger charge is -2.36. The Labute approximate surface area is 124 Å². The third-order valence-corrected chi connectivity index (χ3v) is 4.02. The van der Waals surface area contributed by atoms with Gasteiger partial charge in [0.05, 0.1) is 19.2 Å². The second-order valence-corrected chi connectivity index (χ2v) is 5.64. The number of piperidine rings is 1. The van der Waals surface area contributed by atoms with Crippen LogP contribution in [0.4, 0.5) is 0 Å². The van der Waals surface area contributed by atoms with Crippen LogP contribution in [-0.2, 0) is 13.1 Å². The van der Waals surface area contributed by atoms with Crippen LogP contribution < -0.4 is 0 Å². The van der Waals surface area contributed by atoms with Crippen molar-refractivity contribution < 1.29 is 5.11 Å². The first-order chi connectivity index (χ1) is 10.3. The number of β-amino-alcohol motifs (C(OH)–C–C–N with tert-alkyl or cyclic N) is 1. The van der Waals surface area contributed by atoms with Gasteiger partial charge in [-0.2, -0.15) is 10.2 Å². The van der Waals surface area contributed by atoms with E-state index in [9.17, 15) is 5.11 Å². The topological polar surface area (TPSA) is 72.0 Å². The van der Waals surface area contributed by atoms with Gasteiger partial charge in [-0.3, -0.25) is 14.3 Å². The molecule has 3 rings (SSSR count). The third kappa shape index (κ3) is 3.89. The SMILES string of the molecule is O[C@H](CN1CCCC[C@H]1Cn1cncn1)Cn1cccn1. The first-order valence-electron chi connectivity index (χ1n) is 7.53. The van der Waals surface area contributed by atoms with Crippen molar-refractivity contribution in [2.45, 2.75) is 44.5 Å². The summed E-state index contributed by atoms with van der Waals surface area (Å²) in [6.45, 7) is 3.10. The smallest absolute Gasteiger partial charge is 0.137 e. The zero-order chi connectivity index (χ0) is 14.5. The van der Waals surface area contributed by atoms with Gasteiger partial charge in [0.2, 0.25) is 0 Å². The number of nitrogens with zero attached hydrogens (tertiary/aromatic N) is 6. The Morgan fingerprint density at radius 3 is 2.90 bits per heavy atom. The molecule has 2 aromatic rings. The van der Waals surface area contributed by atoms with Crippen molar-refractivity contribution in [2.75, 3.05) is 13.1 Å². The van der Waals surface area contributed by atoms with E-state index in [0.717, 1.165) is 19.5 Å². The first-order valence-corrected chi connectivity index (χ1v) is 7.53. The summed E-state index contributed by atoms with van der Waals surface area (Å²) in [4.78, 5) is 6.37. The molecule has 1 aliphatic rings. The van der Waals surface area contributed by atoms with Gasteiger partial charge in [0.25, 0.3) is 0 Å². The van der Waals surface area contributed by atoms with Crippen molar-refractivity contribution in [1.82, 2.24) is 29.4 Å². The molecule has 1 fully saturated rings. The molecule has 0 bridgehead atoms. The van der Waals surface area contributed by atoms with E-state index >= 15 is 0 Å². The Kier molecular flexibility index (Phi) is 4.62. The minimum absolute atomic E-state index is 0.402. The lowest BCUT2D eigenvalue weighted by Crippen LogP contribution is -2.46. The summed E-state index contributed by atoms with van der Waals surface area (Å²) in [5.41, 5.74) is 0. The van der Waals surface area contributed by atoms with E-state index in [-0.39, 0.29) is 0 Å². The fraction of sp³-hybridized carbons (Fsp3) is 0.643. The van der Waals surface area contributed by atoms with Crippen LogP contribution in [0, 0.1) is 0 Å². The van der Waals surface area contributed by atoms with Gasteiger partial charge in [-0.25, -0.2) is 4.98 Å². The van der Waals surface area contributed by atoms with E-state index < -0.39 is 6.10 Å². The largest absolute Gasteiger partial charge is 0.390 e. The van der Waals surface area contributed by atoms with Crippen molar-refractivity contribution in [1.29, 1.82) is 0 Å². The van der Waals surface area contributed by atoms with Gasteiger partial charge in [-0.1, -0.05) is 6.42 Å². The van der Waals surface area contributed by atoms with E-state index in [1.807, 2.05) is 16.9 Å². The standard InChI is InChI=1S/C14H22N6O/c21-14(10-19-7-3-5-16-19)9-18-6-2-1-4-13(18)8-20-12-15-11-17-20/h3,5,7,11-14,21H,1-2,4,6,8-10H2/t13-,14+/m0/s1. The summed E-state index contributed by atoms with van der Waals surface area (Å²) in [6, 6.07) is 2.30. The van der Waals surface area contributed by atoms with Crippen LogP contribution in [0.3, 0.4) is 0 Å². The molecule has 0 spiro atoms. The van der Waals surface area contributed by atoms with Crippen molar-refractivity contribution in [3.8, 4) is 0 Å².